The average Bonchev–Trinajstić information content (AvgIpc) is 2.44. The van der Waals surface area contributed by atoms with Crippen LogP contribution in [-0.4, -0.2) is 6.54 Å². The van der Waals surface area contributed by atoms with Crippen molar-refractivity contribution in [2.75, 3.05) is 6.54 Å². The van der Waals surface area contributed by atoms with Crippen LogP contribution >= 0.6 is 11.6 Å². The third-order valence-electron chi connectivity index (χ3n) is 3.73. The van der Waals surface area contributed by atoms with Crippen molar-refractivity contribution in [3.63, 3.8) is 0 Å². The molecule has 0 spiro atoms. The van der Waals surface area contributed by atoms with Gasteiger partial charge in [0, 0.05) is 16.6 Å². The van der Waals surface area contributed by atoms with Crippen LogP contribution in [0, 0.1) is 19.7 Å². The Bertz CT molecular complexity index is 604. The van der Waals surface area contributed by atoms with Gasteiger partial charge in [-0.05, 0) is 50.1 Å². The molecule has 21 heavy (non-hydrogen) atoms. The molecule has 1 unspecified atom stereocenters. The van der Waals surface area contributed by atoms with Gasteiger partial charge in [0.1, 0.15) is 5.82 Å². The van der Waals surface area contributed by atoms with E-state index in [1.165, 1.54) is 22.8 Å². The van der Waals surface area contributed by atoms with Crippen LogP contribution in [0.15, 0.2) is 36.4 Å². The van der Waals surface area contributed by atoms with Crippen molar-refractivity contribution in [1.82, 2.24) is 5.32 Å². The summed E-state index contributed by atoms with van der Waals surface area (Å²) in [6.07, 6.45) is 0.545. The highest BCUT2D eigenvalue weighted by atomic mass is 35.5. The van der Waals surface area contributed by atoms with E-state index in [2.05, 4.69) is 44.3 Å². The lowest BCUT2D eigenvalue weighted by molar-refractivity contribution is 0.526. The molecule has 0 aliphatic heterocycles. The topological polar surface area (TPSA) is 12.0 Å². The third kappa shape index (κ3) is 3.84. The highest BCUT2D eigenvalue weighted by molar-refractivity contribution is 6.31. The first kappa shape index (κ1) is 16.0. The van der Waals surface area contributed by atoms with Crippen molar-refractivity contribution in [3.8, 4) is 0 Å². The normalized spacial score (nSPS) is 12.4. The Labute approximate surface area is 131 Å². The minimum Gasteiger partial charge on any atom is -0.310 e. The van der Waals surface area contributed by atoms with Crippen LogP contribution in [0.25, 0.3) is 0 Å². The van der Waals surface area contributed by atoms with Crippen LogP contribution in [0.3, 0.4) is 0 Å². The molecule has 3 heteroatoms. The molecule has 2 aromatic carbocycles. The molecule has 0 saturated carbocycles. The summed E-state index contributed by atoms with van der Waals surface area (Å²) in [6, 6.07) is 11.3. The zero-order chi connectivity index (χ0) is 15.4. The SMILES string of the molecule is CCNC(Cc1c(F)cccc1Cl)c1cc(C)ccc1C. The molecular formula is C18H21ClFN. The Morgan fingerprint density at radius 3 is 2.62 bits per heavy atom. The molecule has 0 heterocycles. The van der Waals surface area contributed by atoms with Crippen LogP contribution in [-0.2, 0) is 6.42 Å². The van der Waals surface area contributed by atoms with E-state index >= 15 is 0 Å². The Kier molecular flexibility index (Phi) is 5.38. The summed E-state index contributed by atoms with van der Waals surface area (Å²) in [4.78, 5) is 0. The van der Waals surface area contributed by atoms with Crippen molar-refractivity contribution in [1.29, 1.82) is 0 Å². The number of rotatable bonds is 5. The average molecular weight is 306 g/mol. The number of hydrogen-bond donors (Lipinski definition) is 1. The lowest BCUT2D eigenvalue weighted by Crippen LogP contribution is -2.24. The van der Waals surface area contributed by atoms with Gasteiger partial charge in [-0.1, -0.05) is 48.4 Å². The molecule has 0 saturated heterocycles. The predicted octanol–water partition coefficient (Wildman–Crippen LogP) is 4.99. The number of hydrogen-bond acceptors (Lipinski definition) is 1. The summed E-state index contributed by atoms with van der Waals surface area (Å²) in [5.74, 6) is -0.240. The van der Waals surface area contributed by atoms with Gasteiger partial charge in [-0.25, -0.2) is 4.39 Å². The summed E-state index contributed by atoms with van der Waals surface area (Å²) >= 11 is 6.16. The van der Waals surface area contributed by atoms with Gasteiger partial charge in [0.15, 0.2) is 0 Å². The highest BCUT2D eigenvalue weighted by Crippen LogP contribution is 2.28. The number of aryl methyl sites for hydroxylation is 2. The number of benzene rings is 2. The van der Waals surface area contributed by atoms with E-state index in [1.54, 1.807) is 12.1 Å². The van der Waals surface area contributed by atoms with E-state index in [9.17, 15) is 4.39 Å². The van der Waals surface area contributed by atoms with Crippen LogP contribution in [0.5, 0.6) is 0 Å². The van der Waals surface area contributed by atoms with E-state index in [0.29, 0.717) is 17.0 Å². The molecule has 1 nitrogen and oxygen atoms in total. The fraction of sp³-hybridized carbons (Fsp3) is 0.333. The van der Waals surface area contributed by atoms with Crippen LogP contribution in [0.2, 0.25) is 5.02 Å². The van der Waals surface area contributed by atoms with Gasteiger partial charge in [-0.15, -0.1) is 0 Å². The number of nitrogens with one attached hydrogen (secondary N) is 1. The quantitative estimate of drug-likeness (QED) is 0.820. The molecule has 2 rings (SSSR count). The van der Waals surface area contributed by atoms with E-state index in [0.717, 1.165) is 6.54 Å². The van der Waals surface area contributed by atoms with E-state index in [4.69, 9.17) is 11.6 Å². The van der Waals surface area contributed by atoms with Crippen molar-refractivity contribution in [3.05, 3.63) is 69.5 Å². The molecule has 1 atom stereocenters. The van der Waals surface area contributed by atoms with Crippen molar-refractivity contribution in [2.24, 2.45) is 0 Å². The molecule has 0 aliphatic carbocycles. The van der Waals surface area contributed by atoms with Gasteiger partial charge in [0.2, 0.25) is 0 Å². The number of likely N-dealkylation sites (N-methyl/N-ethyl adjacent to an activating group) is 1. The lowest BCUT2D eigenvalue weighted by Gasteiger charge is -2.22. The number of halogens is 2. The van der Waals surface area contributed by atoms with Crippen molar-refractivity contribution in [2.45, 2.75) is 33.2 Å². The van der Waals surface area contributed by atoms with Crippen molar-refractivity contribution >= 4 is 11.6 Å². The van der Waals surface area contributed by atoms with E-state index < -0.39 is 0 Å². The Balaban J connectivity index is 2.38. The van der Waals surface area contributed by atoms with Gasteiger partial charge < -0.3 is 5.32 Å². The first-order valence-corrected chi connectivity index (χ1v) is 7.64. The maximum Gasteiger partial charge on any atom is 0.127 e. The predicted molar refractivity (Wildman–Crippen MR) is 87.4 cm³/mol. The van der Waals surface area contributed by atoms with Crippen molar-refractivity contribution < 1.29 is 4.39 Å². The third-order valence-corrected chi connectivity index (χ3v) is 4.08. The van der Waals surface area contributed by atoms with Gasteiger partial charge in [0.05, 0.1) is 0 Å². The first-order chi connectivity index (χ1) is 10.0. The van der Waals surface area contributed by atoms with Gasteiger partial charge in [-0.2, -0.15) is 0 Å². The molecule has 0 radical (unpaired) electrons. The molecule has 0 amide bonds. The lowest BCUT2D eigenvalue weighted by atomic mass is 9.93. The molecule has 0 aliphatic rings. The minimum atomic E-state index is -0.240. The second-order valence-electron chi connectivity index (χ2n) is 5.37. The molecule has 0 bridgehead atoms. The summed E-state index contributed by atoms with van der Waals surface area (Å²) in [7, 11) is 0. The standard InChI is InChI=1S/C18H21ClFN/c1-4-21-18(14-10-12(2)8-9-13(14)3)11-15-16(19)6-5-7-17(15)20/h5-10,18,21H,4,11H2,1-3H3. The Morgan fingerprint density at radius 2 is 1.95 bits per heavy atom. The van der Waals surface area contributed by atoms with Gasteiger partial charge in [-0.3, -0.25) is 0 Å². The van der Waals surface area contributed by atoms with E-state index in [1.807, 2.05) is 0 Å². The van der Waals surface area contributed by atoms with Gasteiger partial charge in [0.25, 0.3) is 0 Å². The first-order valence-electron chi connectivity index (χ1n) is 7.26. The van der Waals surface area contributed by atoms with E-state index in [-0.39, 0.29) is 11.9 Å². The Hall–Kier alpha value is -1.38. The summed E-state index contributed by atoms with van der Waals surface area (Å²) in [6.45, 7) is 7.04. The highest BCUT2D eigenvalue weighted by Gasteiger charge is 2.17. The fourth-order valence-electron chi connectivity index (χ4n) is 2.61. The molecule has 0 aromatic heterocycles. The van der Waals surface area contributed by atoms with Crippen LogP contribution in [0.4, 0.5) is 4.39 Å². The summed E-state index contributed by atoms with van der Waals surface area (Å²) in [5.41, 5.74) is 4.19. The summed E-state index contributed by atoms with van der Waals surface area (Å²) in [5, 5.41) is 3.93. The second kappa shape index (κ2) is 7.06. The van der Waals surface area contributed by atoms with Crippen LogP contribution < -0.4 is 5.32 Å². The zero-order valence-electron chi connectivity index (χ0n) is 12.7. The van der Waals surface area contributed by atoms with Crippen LogP contribution in [0.1, 0.15) is 35.2 Å². The maximum absolute atomic E-state index is 14.0. The zero-order valence-corrected chi connectivity index (χ0v) is 13.5. The minimum absolute atomic E-state index is 0.0595. The summed E-state index contributed by atoms with van der Waals surface area (Å²) < 4.78 is 14.0. The molecule has 0 fully saturated rings. The molecule has 112 valence electrons. The molecular weight excluding hydrogens is 285 g/mol. The molecule has 2 aromatic rings. The molecule has 1 N–H and O–H groups in total. The fourth-order valence-corrected chi connectivity index (χ4v) is 2.85. The smallest absolute Gasteiger partial charge is 0.127 e. The second-order valence-corrected chi connectivity index (χ2v) is 5.78. The maximum atomic E-state index is 14.0. The Morgan fingerprint density at radius 1 is 1.19 bits per heavy atom. The monoisotopic (exact) mass is 305 g/mol. The largest absolute Gasteiger partial charge is 0.310 e. The van der Waals surface area contributed by atoms with Gasteiger partial charge >= 0.3 is 0 Å².